The molecule has 2 aromatic rings. The van der Waals surface area contributed by atoms with Crippen LogP contribution in [0.15, 0.2) is 60.7 Å². The second-order valence-corrected chi connectivity index (χ2v) is 27.3. The average molecular weight is 1020 g/mol. The van der Waals surface area contributed by atoms with Crippen molar-refractivity contribution in [1.29, 1.82) is 0 Å². The predicted octanol–water partition coefficient (Wildman–Crippen LogP) is 23.3. The molecular weight excluding hydrogens is 905 g/mol. The first-order chi connectivity index (χ1) is 37.0. The van der Waals surface area contributed by atoms with Gasteiger partial charge in [0.15, 0.2) is 0 Å². The van der Waals surface area contributed by atoms with E-state index in [2.05, 4.69) is 88.4 Å². The van der Waals surface area contributed by atoms with Crippen molar-refractivity contribution in [1.82, 2.24) is 0 Å². The standard InChI is InChI=1S/C74H118O/c1-5-9-13-17-57-21-29-61(30-22-57)65-37-45-69(46-38-65)73(70-47-39-66(40-48-70)62-31-23-58(24-32-62)18-14-10-6-2)53-55-75-56-54-74(71-49-41-67(42-50-71)63-33-25-59(26-34-63)19-15-11-7-3)72-51-43-68(44-52-72)64-35-27-60(28-36-64)20-16-12-8-4/h37-38,41-42,45-46,49-50,53-54,57-64,66,68,70,72H,5-36,39-40,43-44,47-48,51-52,55-56H2,1-4H3/t57-,58-,59-,60-,61-,62-,63-,64-,66-,68-,70-,72-. The molecule has 0 atom stereocenters. The second kappa shape index (κ2) is 32.8. The molecule has 75 heavy (non-hydrogen) atoms. The Morgan fingerprint density at radius 3 is 0.880 bits per heavy atom. The summed E-state index contributed by atoms with van der Waals surface area (Å²) in [6.07, 6.45) is 62.5. The highest BCUT2D eigenvalue weighted by Gasteiger charge is 2.34. The van der Waals surface area contributed by atoms with Crippen LogP contribution in [0.25, 0.3) is 11.1 Å². The number of hydrogen-bond acceptors (Lipinski definition) is 1. The van der Waals surface area contributed by atoms with E-state index in [9.17, 15) is 0 Å². The summed E-state index contributed by atoms with van der Waals surface area (Å²) in [6, 6.07) is 20.3. The molecule has 6 aliphatic carbocycles. The van der Waals surface area contributed by atoms with E-state index in [0.29, 0.717) is 11.8 Å². The molecule has 0 radical (unpaired) electrons. The summed E-state index contributed by atoms with van der Waals surface area (Å²) in [4.78, 5) is 0. The van der Waals surface area contributed by atoms with Crippen LogP contribution in [0.3, 0.4) is 0 Å². The third-order valence-electron chi connectivity index (χ3n) is 22.4. The molecule has 8 rings (SSSR count). The van der Waals surface area contributed by atoms with Gasteiger partial charge in [0, 0.05) is 0 Å². The summed E-state index contributed by atoms with van der Waals surface area (Å²) in [5.74, 6) is 10.7. The Labute approximate surface area is 465 Å². The molecule has 0 aliphatic heterocycles. The summed E-state index contributed by atoms with van der Waals surface area (Å²) < 4.78 is 6.82. The van der Waals surface area contributed by atoms with Gasteiger partial charge in [-0.2, -0.15) is 0 Å². The quantitative estimate of drug-likeness (QED) is 0.0772. The van der Waals surface area contributed by atoms with Crippen molar-refractivity contribution in [3.8, 4) is 0 Å². The van der Waals surface area contributed by atoms with Crippen molar-refractivity contribution in [2.45, 2.75) is 296 Å². The van der Waals surface area contributed by atoms with E-state index in [1.54, 1.807) is 22.3 Å². The Morgan fingerprint density at radius 2 is 0.600 bits per heavy atom. The maximum absolute atomic E-state index is 6.82. The van der Waals surface area contributed by atoms with Gasteiger partial charge in [-0.3, -0.25) is 0 Å². The van der Waals surface area contributed by atoms with Crippen LogP contribution in [-0.4, -0.2) is 13.2 Å². The van der Waals surface area contributed by atoms with Gasteiger partial charge >= 0.3 is 0 Å². The van der Waals surface area contributed by atoms with Gasteiger partial charge in [-0.25, -0.2) is 0 Å². The van der Waals surface area contributed by atoms with Crippen molar-refractivity contribution in [2.75, 3.05) is 13.2 Å². The Balaban J connectivity index is 0.918. The first-order valence-electron chi connectivity index (χ1n) is 34.2. The van der Waals surface area contributed by atoms with Gasteiger partial charge in [0.25, 0.3) is 0 Å². The minimum atomic E-state index is 0.659. The zero-order valence-electron chi connectivity index (χ0n) is 49.8. The van der Waals surface area contributed by atoms with Crippen molar-refractivity contribution in [3.63, 3.8) is 0 Å². The van der Waals surface area contributed by atoms with Crippen LogP contribution in [0, 0.1) is 59.2 Å². The minimum absolute atomic E-state index is 0.659. The molecule has 0 unspecified atom stereocenters. The molecule has 1 heteroatoms. The van der Waals surface area contributed by atoms with Crippen LogP contribution in [0.5, 0.6) is 0 Å². The topological polar surface area (TPSA) is 9.23 Å². The van der Waals surface area contributed by atoms with Gasteiger partial charge in [-0.1, -0.05) is 217 Å². The normalized spacial score (nSPS) is 31.4. The number of rotatable bonds is 28. The van der Waals surface area contributed by atoms with Crippen LogP contribution < -0.4 is 0 Å². The third kappa shape index (κ3) is 18.5. The largest absolute Gasteiger partial charge is 0.373 e. The molecule has 0 bridgehead atoms. The number of hydrogen-bond donors (Lipinski definition) is 0. The van der Waals surface area contributed by atoms with E-state index in [-0.39, 0.29) is 0 Å². The lowest BCUT2D eigenvalue weighted by atomic mass is 9.67. The summed E-state index contributed by atoms with van der Waals surface area (Å²) in [5.41, 5.74) is 9.37. The first kappa shape index (κ1) is 59.0. The Kier molecular flexibility index (Phi) is 25.8. The van der Waals surface area contributed by atoms with Crippen LogP contribution in [0.2, 0.25) is 0 Å². The number of benzene rings is 2. The third-order valence-corrected chi connectivity index (χ3v) is 22.4. The molecule has 420 valence electrons. The molecule has 1 nitrogen and oxygen atoms in total. The van der Waals surface area contributed by atoms with Gasteiger partial charge in [0.05, 0.1) is 13.2 Å². The highest BCUT2D eigenvalue weighted by molar-refractivity contribution is 5.69. The first-order valence-corrected chi connectivity index (χ1v) is 34.2. The maximum atomic E-state index is 6.82. The molecule has 0 amide bonds. The minimum Gasteiger partial charge on any atom is -0.373 e. The summed E-state index contributed by atoms with van der Waals surface area (Å²) in [5, 5.41) is 0. The smallest absolute Gasteiger partial charge is 0.0657 e. The van der Waals surface area contributed by atoms with Crippen LogP contribution >= 0.6 is 0 Å². The zero-order chi connectivity index (χ0) is 51.9. The van der Waals surface area contributed by atoms with Crippen molar-refractivity contribution < 1.29 is 4.74 Å². The fourth-order valence-corrected chi connectivity index (χ4v) is 17.3. The van der Waals surface area contributed by atoms with Gasteiger partial charge in [-0.15, -0.1) is 0 Å². The van der Waals surface area contributed by atoms with Crippen molar-refractivity contribution in [2.24, 2.45) is 59.2 Å². The molecule has 6 fully saturated rings. The van der Waals surface area contributed by atoms with Crippen LogP contribution in [0.1, 0.15) is 319 Å². The molecule has 0 saturated heterocycles. The number of ether oxygens (including phenoxy) is 1. The highest BCUT2D eigenvalue weighted by atomic mass is 16.5. The van der Waals surface area contributed by atoms with Gasteiger partial charge in [0.1, 0.15) is 0 Å². The molecule has 6 saturated carbocycles. The fraction of sp³-hybridized carbons (Fsp3) is 0.784. The summed E-state index contributed by atoms with van der Waals surface area (Å²) in [6.45, 7) is 10.8. The predicted molar refractivity (Wildman–Crippen MR) is 327 cm³/mol. The highest BCUT2D eigenvalue weighted by Crippen LogP contribution is 2.48. The van der Waals surface area contributed by atoms with Crippen LogP contribution in [-0.2, 0) is 4.74 Å². The van der Waals surface area contributed by atoms with E-state index in [1.165, 1.54) is 268 Å². The van der Waals surface area contributed by atoms with E-state index in [4.69, 9.17) is 4.74 Å². The summed E-state index contributed by atoms with van der Waals surface area (Å²) in [7, 11) is 0. The Bertz CT molecular complexity index is 1710. The molecule has 6 aliphatic rings. The molecular formula is C74H118O. The monoisotopic (exact) mass is 1020 g/mol. The zero-order valence-corrected chi connectivity index (χ0v) is 49.8. The Hall–Kier alpha value is -2.12. The van der Waals surface area contributed by atoms with Gasteiger partial charge in [0.2, 0.25) is 0 Å². The Morgan fingerprint density at radius 1 is 0.333 bits per heavy atom. The van der Waals surface area contributed by atoms with E-state index in [1.807, 2.05) is 0 Å². The number of allylic oxidation sites excluding steroid dienone is 2. The molecule has 0 aromatic heterocycles. The maximum Gasteiger partial charge on any atom is 0.0657 e. The van der Waals surface area contributed by atoms with Crippen molar-refractivity contribution >= 4 is 11.1 Å². The lowest BCUT2D eigenvalue weighted by Crippen LogP contribution is -2.26. The lowest BCUT2D eigenvalue weighted by Gasteiger charge is -2.38. The molecule has 0 heterocycles. The van der Waals surface area contributed by atoms with Gasteiger partial charge < -0.3 is 4.74 Å². The van der Waals surface area contributed by atoms with E-state index < -0.39 is 0 Å². The van der Waals surface area contributed by atoms with E-state index in [0.717, 1.165) is 72.4 Å². The second-order valence-electron chi connectivity index (χ2n) is 27.3. The van der Waals surface area contributed by atoms with Gasteiger partial charge in [-0.05, 0) is 233 Å². The fourth-order valence-electron chi connectivity index (χ4n) is 17.3. The molecule has 0 N–H and O–H groups in total. The van der Waals surface area contributed by atoms with Crippen molar-refractivity contribution in [3.05, 3.63) is 82.9 Å². The molecule has 0 spiro atoms. The lowest BCUT2D eigenvalue weighted by molar-refractivity contribution is 0.152. The number of unbranched alkanes of at least 4 members (excludes halogenated alkanes) is 8. The van der Waals surface area contributed by atoms with Crippen LogP contribution in [0.4, 0.5) is 0 Å². The SMILES string of the molecule is CCCCC[C@H]1CC[C@H](c2ccc(C(=CCOCC=C(c3ccc([C@H]4CC[C@H](CCCCC)CC4)cc3)[C@H]3CC[C@H]([C@H]4CC[C@H](CCCCC)CC4)CC3)[C@H]3CC[C@H]([C@H]4CC[C@H](CCCCC)CC4)CC3)cc2)CC1. The summed E-state index contributed by atoms with van der Waals surface area (Å²) >= 11 is 0. The average Bonchev–Trinajstić information content (AvgIpc) is 3.46. The van der Waals surface area contributed by atoms with E-state index >= 15 is 0 Å². The molecule has 2 aromatic carbocycles.